The van der Waals surface area contributed by atoms with Gasteiger partial charge in [-0.1, -0.05) is 11.8 Å². The van der Waals surface area contributed by atoms with Gasteiger partial charge in [0.2, 0.25) is 5.12 Å². The first-order chi connectivity index (χ1) is 4.33. The largest absolute Gasteiger partial charge is 0.381 e. The molecule has 1 N–H and O–H groups in total. The normalized spacial score (nSPS) is 22.6. The Morgan fingerprint density at radius 1 is 1.78 bits per heavy atom. The van der Waals surface area contributed by atoms with Crippen molar-refractivity contribution in [2.24, 2.45) is 0 Å². The van der Waals surface area contributed by atoms with Crippen LogP contribution in [-0.4, -0.2) is 40.7 Å². The monoisotopic (exact) mass is 147 g/mol. The van der Waals surface area contributed by atoms with Gasteiger partial charge in [0.1, 0.15) is 0 Å². The third-order valence-corrected chi connectivity index (χ3v) is 2.06. The number of aliphatic hydroxyl groups excluding tert-OH is 1. The zero-order chi connectivity index (χ0) is 6.69. The third-order valence-electron chi connectivity index (χ3n) is 1.22. The molecular weight excluding hydrogens is 138 g/mol. The van der Waals surface area contributed by atoms with Gasteiger partial charge < -0.3 is 5.11 Å². The molecule has 0 amide bonds. The summed E-state index contributed by atoms with van der Waals surface area (Å²) in [5.41, 5.74) is 0. The number of hydrogen-bond acceptors (Lipinski definition) is 4. The lowest BCUT2D eigenvalue weighted by Gasteiger charge is -2.21. The minimum atomic E-state index is 0.00625. The molecule has 9 heavy (non-hydrogen) atoms. The van der Waals surface area contributed by atoms with Crippen LogP contribution in [0.5, 0.6) is 0 Å². The van der Waals surface area contributed by atoms with Gasteiger partial charge in [0, 0.05) is 12.3 Å². The Kier molecular flexibility index (Phi) is 2.50. The maximum Gasteiger partial charge on any atom is 0.203 e. The molecule has 0 aromatic carbocycles. The summed E-state index contributed by atoms with van der Waals surface area (Å²) in [5.74, 6) is 0.819. The van der Waals surface area contributed by atoms with Crippen LogP contribution in [0, 0.1) is 0 Å². The van der Waals surface area contributed by atoms with E-state index in [0.717, 1.165) is 12.3 Å². The lowest BCUT2D eigenvalue weighted by atomic mass is 10.5. The average molecular weight is 147 g/mol. The molecule has 52 valence electrons. The van der Waals surface area contributed by atoms with Crippen LogP contribution in [0.2, 0.25) is 0 Å². The van der Waals surface area contributed by atoms with Crippen molar-refractivity contribution in [2.45, 2.75) is 0 Å². The minimum Gasteiger partial charge on any atom is -0.381 e. The summed E-state index contributed by atoms with van der Waals surface area (Å²) in [6.45, 7) is 1.24. The van der Waals surface area contributed by atoms with Crippen molar-refractivity contribution in [3.63, 3.8) is 0 Å². The number of hydrogen-bond donors (Lipinski definition) is 1. The first-order valence-corrected chi connectivity index (χ1v) is 3.80. The zero-order valence-electron chi connectivity index (χ0n) is 5.04. The number of rotatable bonds is 1. The van der Waals surface area contributed by atoms with Crippen LogP contribution < -0.4 is 0 Å². The summed E-state index contributed by atoms with van der Waals surface area (Å²) in [5, 5.41) is 8.74. The van der Waals surface area contributed by atoms with Crippen molar-refractivity contribution in [3.05, 3.63) is 0 Å². The highest BCUT2D eigenvalue weighted by Crippen LogP contribution is 2.09. The number of carbonyl (C=O) groups excluding carboxylic acids is 1. The van der Waals surface area contributed by atoms with Crippen molar-refractivity contribution < 1.29 is 9.90 Å². The van der Waals surface area contributed by atoms with Gasteiger partial charge in [-0.2, -0.15) is 0 Å². The van der Waals surface area contributed by atoms with Crippen molar-refractivity contribution in [2.75, 3.05) is 25.6 Å². The zero-order valence-corrected chi connectivity index (χ0v) is 5.86. The summed E-state index contributed by atoms with van der Waals surface area (Å²) in [4.78, 5) is 12.4. The highest BCUT2D eigenvalue weighted by atomic mass is 32.2. The molecule has 0 saturated carbocycles. The Labute approximate surface area is 58.0 Å². The fourth-order valence-corrected chi connectivity index (χ4v) is 1.57. The molecule has 0 radical (unpaired) electrons. The van der Waals surface area contributed by atoms with Crippen LogP contribution >= 0.6 is 11.8 Å². The number of aliphatic hydroxyl groups is 1. The van der Waals surface area contributed by atoms with Gasteiger partial charge in [0.05, 0.1) is 13.3 Å². The molecule has 3 nitrogen and oxygen atoms in total. The van der Waals surface area contributed by atoms with Crippen molar-refractivity contribution in [1.82, 2.24) is 4.90 Å². The molecule has 0 spiro atoms. The molecule has 0 unspecified atom stereocenters. The Bertz CT molecular complexity index is 118. The average Bonchev–Trinajstić information content (AvgIpc) is 1.88. The lowest BCUT2D eigenvalue weighted by molar-refractivity contribution is -0.113. The van der Waals surface area contributed by atoms with E-state index in [9.17, 15) is 4.79 Å². The fourth-order valence-electron chi connectivity index (χ4n) is 0.717. The maximum absolute atomic E-state index is 10.6. The Morgan fingerprint density at radius 3 is 3.00 bits per heavy atom. The maximum atomic E-state index is 10.6. The van der Waals surface area contributed by atoms with Crippen molar-refractivity contribution >= 4 is 16.9 Å². The van der Waals surface area contributed by atoms with E-state index in [1.54, 1.807) is 4.90 Å². The first-order valence-electron chi connectivity index (χ1n) is 2.82. The van der Waals surface area contributed by atoms with Crippen LogP contribution in [0.25, 0.3) is 0 Å². The van der Waals surface area contributed by atoms with Crippen molar-refractivity contribution in [3.8, 4) is 0 Å². The molecule has 0 aromatic rings. The predicted octanol–water partition coefficient (Wildman–Crippen LogP) is -0.488. The van der Waals surface area contributed by atoms with E-state index in [-0.39, 0.29) is 11.8 Å². The van der Waals surface area contributed by atoms with Gasteiger partial charge >= 0.3 is 0 Å². The molecule has 0 atom stereocenters. The Morgan fingerprint density at radius 2 is 2.56 bits per heavy atom. The molecule has 4 heteroatoms. The molecule has 1 saturated heterocycles. The number of nitrogens with zero attached hydrogens (tertiary/aromatic N) is 1. The molecule has 1 rings (SSSR count). The molecule has 1 heterocycles. The standard InChI is InChI=1S/C5H9NO2S/c7-4-6-1-2-9-5(8)3-6/h7H,1-4H2. The second-order valence-electron chi connectivity index (χ2n) is 1.91. The van der Waals surface area contributed by atoms with E-state index in [4.69, 9.17) is 5.11 Å². The van der Waals surface area contributed by atoms with Crippen LogP contribution in [-0.2, 0) is 4.79 Å². The second-order valence-corrected chi connectivity index (χ2v) is 3.07. The van der Waals surface area contributed by atoms with Crippen molar-refractivity contribution in [1.29, 1.82) is 0 Å². The Balaban J connectivity index is 2.32. The fraction of sp³-hybridized carbons (Fsp3) is 0.800. The van der Waals surface area contributed by atoms with Gasteiger partial charge in [-0.15, -0.1) is 0 Å². The summed E-state index contributed by atoms with van der Waals surface area (Å²) in [7, 11) is 0. The van der Waals surface area contributed by atoms with Crippen LogP contribution in [0.15, 0.2) is 0 Å². The molecule has 1 fully saturated rings. The van der Waals surface area contributed by atoms with E-state index >= 15 is 0 Å². The number of thioether (sulfide) groups is 1. The lowest BCUT2D eigenvalue weighted by Crippen LogP contribution is -2.35. The summed E-state index contributed by atoms with van der Waals surface area (Å²) >= 11 is 1.35. The highest BCUT2D eigenvalue weighted by Gasteiger charge is 2.15. The van der Waals surface area contributed by atoms with Crippen LogP contribution in [0.4, 0.5) is 0 Å². The van der Waals surface area contributed by atoms with Gasteiger partial charge in [-0.3, -0.25) is 9.69 Å². The van der Waals surface area contributed by atoms with E-state index < -0.39 is 0 Å². The topological polar surface area (TPSA) is 40.5 Å². The van der Waals surface area contributed by atoms with Crippen LogP contribution in [0.3, 0.4) is 0 Å². The van der Waals surface area contributed by atoms with E-state index in [1.165, 1.54) is 11.8 Å². The third kappa shape index (κ3) is 1.97. The summed E-state index contributed by atoms with van der Waals surface area (Å²) in [6.07, 6.45) is 0. The first kappa shape index (κ1) is 7.05. The van der Waals surface area contributed by atoms with Gasteiger partial charge in [-0.25, -0.2) is 0 Å². The molecule has 1 aliphatic heterocycles. The summed E-state index contributed by atoms with van der Waals surface area (Å²) in [6, 6.07) is 0. The SMILES string of the molecule is O=C1CN(CO)CCS1. The molecular formula is C5H9NO2S. The molecule has 0 bridgehead atoms. The summed E-state index contributed by atoms with van der Waals surface area (Å²) < 4.78 is 0. The van der Waals surface area contributed by atoms with E-state index in [2.05, 4.69) is 0 Å². The minimum absolute atomic E-state index is 0.00625. The van der Waals surface area contributed by atoms with E-state index in [1.807, 2.05) is 0 Å². The predicted molar refractivity (Wildman–Crippen MR) is 36.1 cm³/mol. The number of carbonyl (C=O) groups is 1. The van der Waals surface area contributed by atoms with Gasteiger partial charge in [-0.05, 0) is 0 Å². The van der Waals surface area contributed by atoms with Gasteiger partial charge in [0.15, 0.2) is 0 Å². The smallest absolute Gasteiger partial charge is 0.203 e. The molecule has 0 aliphatic carbocycles. The van der Waals surface area contributed by atoms with Gasteiger partial charge in [0.25, 0.3) is 0 Å². The van der Waals surface area contributed by atoms with E-state index in [0.29, 0.717) is 6.54 Å². The molecule has 1 aliphatic rings. The van der Waals surface area contributed by atoms with Crippen LogP contribution in [0.1, 0.15) is 0 Å². The quantitative estimate of drug-likeness (QED) is 0.543. The second kappa shape index (κ2) is 3.20. The highest BCUT2D eigenvalue weighted by molar-refractivity contribution is 8.13. The Hall–Kier alpha value is -0.0600. The molecule has 0 aromatic heterocycles.